The number of amides is 1. The Kier molecular flexibility index (Phi) is 8.54. The third-order valence-corrected chi connectivity index (χ3v) is 4.59. The summed E-state index contributed by atoms with van der Waals surface area (Å²) in [5, 5.41) is 12.3. The number of hydrogen-bond acceptors (Lipinski definition) is 6. The summed E-state index contributed by atoms with van der Waals surface area (Å²) < 4.78 is 0. The SMILES string of the molecule is CSCC[C@H](N)C(=O)Nc1nnc(Cc2cccc(C)c2)s1.Cl. The predicted octanol–water partition coefficient (Wildman–Crippen LogP) is 2.88. The Hall–Kier alpha value is -1.15. The molecule has 0 bridgehead atoms. The highest BCUT2D eigenvalue weighted by Crippen LogP contribution is 2.19. The fraction of sp³-hybridized carbons (Fsp3) is 0.400. The highest BCUT2D eigenvalue weighted by Gasteiger charge is 2.15. The molecule has 8 heteroatoms. The minimum atomic E-state index is -0.503. The van der Waals surface area contributed by atoms with Gasteiger partial charge in [-0.15, -0.1) is 22.6 Å². The number of anilines is 1. The number of rotatable bonds is 7. The summed E-state index contributed by atoms with van der Waals surface area (Å²) in [7, 11) is 0. The Morgan fingerprint density at radius 1 is 1.43 bits per heavy atom. The third kappa shape index (κ3) is 6.47. The third-order valence-electron chi connectivity index (χ3n) is 3.10. The molecule has 0 fully saturated rings. The van der Waals surface area contributed by atoms with Crippen LogP contribution >= 0.6 is 35.5 Å². The molecule has 0 aliphatic heterocycles. The van der Waals surface area contributed by atoms with Gasteiger partial charge in [0.05, 0.1) is 6.04 Å². The van der Waals surface area contributed by atoms with E-state index in [9.17, 15) is 4.79 Å². The van der Waals surface area contributed by atoms with Gasteiger partial charge in [-0.05, 0) is 30.9 Å². The Morgan fingerprint density at radius 3 is 2.91 bits per heavy atom. The molecule has 1 heterocycles. The van der Waals surface area contributed by atoms with Crippen LogP contribution in [0.5, 0.6) is 0 Å². The molecule has 1 aromatic carbocycles. The van der Waals surface area contributed by atoms with Crippen LogP contribution in [0, 0.1) is 6.92 Å². The van der Waals surface area contributed by atoms with Gasteiger partial charge in [0.25, 0.3) is 0 Å². The largest absolute Gasteiger partial charge is 0.320 e. The summed E-state index contributed by atoms with van der Waals surface area (Å²) in [6.07, 6.45) is 3.36. The fourth-order valence-corrected chi connectivity index (χ4v) is 3.21. The van der Waals surface area contributed by atoms with Crippen molar-refractivity contribution in [1.82, 2.24) is 10.2 Å². The smallest absolute Gasteiger partial charge is 0.243 e. The lowest BCUT2D eigenvalue weighted by molar-refractivity contribution is -0.117. The van der Waals surface area contributed by atoms with E-state index < -0.39 is 6.04 Å². The van der Waals surface area contributed by atoms with Gasteiger partial charge in [0.15, 0.2) is 0 Å². The van der Waals surface area contributed by atoms with E-state index in [0.29, 0.717) is 18.0 Å². The van der Waals surface area contributed by atoms with Crippen molar-refractivity contribution < 1.29 is 4.79 Å². The minimum absolute atomic E-state index is 0. The number of carbonyl (C=O) groups excluding carboxylic acids is 1. The van der Waals surface area contributed by atoms with E-state index in [0.717, 1.165) is 10.8 Å². The van der Waals surface area contributed by atoms with E-state index in [1.54, 1.807) is 11.8 Å². The summed E-state index contributed by atoms with van der Waals surface area (Å²) in [6.45, 7) is 2.06. The number of aromatic nitrogens is 2. The topological polar surface area (TPSA) is 80.9 Å². The van der Waals surface area contributed by atoms with Gasteiger partial charge >= 0.3 is 0 Å². The van der Waals surface area contributed by atoms with Crippen LogP contribution < -0.4 is 11.1 Å². The summed E-state index contributed by atoms with van der Waals surface area (Å²) in [6, 6.07) is 7.77. The Morgan fingerprint density at radius 2 is 2.22 bits per heavy atom. The zero-order chi connectivity index (χ0) is 15.9. The molecule has 0 aliphatic rings. The first-order chi connectivity index (χ1) is 10.6. The standard InChI is InChI=1S/C15H20N4OS2.ClH/c1-10-4-3-5-11(8-10)9-13-18-19-15(22-13)17-14(20)12(16)6-7-21-2;/h3-5,8,12H,6-7,9,16H2,1-2H3,(H,17,19,20);1H/t12-;/m0./s1. The van der Waals surface area contributed by atoms with Crippen LogP contribution in [-0.2, 0) is 11.2 Å². The van der Waals surface area contributed by atoms with Gasteiger partial charge in [0.2, 0.25) is 11.0 Å². The van der Waals surface area contributed by atoms with Gasteiger partial charge in [-0.2, -0.15) is 11.8 Å². The number of halogens is 1. The first kappa shape index (κ1) is 19.9. The van der Waals surface area contributed by atoms with E-state index in [-0.39, 0.29) is 18.3 Å². The zero-order valence-corrected chi connectivity index (χ0v) is 15.6. The Bertz CT molecular complexity index is 635. The number of thioether (sulfide) groups is 1. The van der Waals surface area contributed by atoms with E-state index in [1.807, 2.05) is 12.3 Å². The van der Waals surface area contributed by atoms with Crippen molar-refractivity contribution in [3.05, 3.63) is 40.4 Å². The van der Waals surface area contributed by atoms with Crippen molar-refractivity contribution in [3.8, 4) is 0 Å². The average Bonchev–Trinajstić information content (AvgIpc) is 2.91. The van der Waals surface area contributed by atoms with Crippen LogP contribution in [-0.4, -0.2) is 34.2 Å². The second-order valence-corrected chi connectivity index (χ2v) is 7.09. The number of carbonyl (C=O) groups is 1. The number of hydrogen-bond donors (Lipinski definition) is 2. The van der Waals surface area contributed by atoms with E-state index in [1.165, 1.54) is 22.5 Å². The molecule has 0 saturated heterocycles. The Labute approximate surface area is 150 Å². The van der Waals surface area contributed by atoms with Crippen LogP contribution in [0.3, 0.4) is 0 Å². The molecule has 0 radical (unpaired) electrons. The molecular weight excluding hydrogens is 352 g/mol. The van der Waals surface area contributed by atoms with Gasteiger partial charge in [-0.25, -0.2) is 0 Å². The highest BCUT2D eigenvalue weighted by molar-refractivity contribution is 7.98. The zero-order valence-electron chi connectivity index (χ0n) is 13.1. The maximum absolute atomic E-state index is 11.9. The normalized spacial score (nSPS) is 11.6. The van der Waals surface area contributed by atoms with E-state index >= 15 is 0 Å². The number of aryl methyl sites for hydroxylation is 1. The van der Waals surface area contributed by atoms with Gasteiger partial charge in [0.1, 0.15) is 5.01 Å². The summed E-state index contributed by atoms with van der Waals surface area (Å²) in [5.74, 6) is 0.663. The molecular formula is C15H21ClN4OS2. The van der Waals surface area contributed by atoms with Gasteiger partial charge in [-0.3, -0.25) is 10.1 Å². The predicted molar refractivity (Wildman–Crippen MR) is 101 cm³/mol. The molecule has 0 aliphatic carbocycles. The van der Waals surface area contributed by atoms with Crippen molar-refractivity contribution >= 4 is 46.5 Å². The van der Waals surface area contributed by atoms with Crippen molar-refractivity contribution in [2.24, 2.45) is 5.73 Å². The van der Waals surface area contributed by atoms with E-state index in [2.05, 4.69) is 40.6 Å². The molecule has 3 N–H and O–H groups in total. The average molecular weight is 373 g/mol. The van der Waals surface area contributed by atoms with Crippen LogP contribution in [0.2, 0.25) is 0 Å². The van der Waals surface area contributed by atoms with Crippen LogP contribution in [0.4, 0.5) is 5.13 Å². The molecule has 1 aromatic heterocycles. The molecule has 23 heavy (non-hydrogen) atoms. The van der Waals surface area contributed by atoms with Crippen molar-refractivity contribution in [2.45, 2.75) is 25.8 Å². The molecule has 0 saturated carbocycles. The molecule has 0 spiro atoms. The quantitative estimate of drug-likeness (QED) is 0.781. The first-order valence-corrected chi connectivity index (χ1v) is 9.23. The molecule has 1 atom stereocenters. The maximum Gasteiger partial charge on any atom is 0.243 e. The molecule has 126 valence electrons. The van der Waals surface area contributed by atoms with Crippen molar-refractivity contribution in [2.75, 3.05) is 17.3 Å². The van der Waals surface area contributed by atoms with Crippen LogP contribution in [0.1, 0.15) is 22.6 Å². The van der Waals surface area contributed by atoms with E-state index in [4.69, 9.17) is 5.73 Å². The minimum Gasteiger partial charge on any atom is -0.320 e. The molecule has 2 aromatic rings. The summed E-state index contributed by atoms with van der Waals surface area (Å²) in [4.78, 5) is 11.9. The number of benzene rings is 1. The first-order valence-electron chi connectivity index (χ1n) is 7.02. The van der Waals surface area contributed by atoms with Gasteiger partial charge in [-0.1, -0.05) is 41.2 Å². The number of nitrogens with two attached hydrogens (primary N) is 1. The monoisotopic (exact) mass is 372 g/mol. The van der Waals surface area contributed by atoms with Crippen molar-refractivity contribution in [1.29, 1.82) is 0 Å². The fourth-order valence-electron chi connectivity index (χ4n) is 1.95. The lowest BCUT2D eigenvalue weighted by Crippen LogP contribution is -2.36. The maximum atomic E-state index is 11.9. The Balaban J connectivity index is 0.00000264. The lowest BCUT2D eigenvalue weighted by Gasteiger charge is -2.08. The lowest BCUT2D eigenvalue weighted by atomic mass is 10.1. The number of nitrogens with zero attached hydrogens (tertiary/aromatic N) is 2. The molecule has 2 rings (SSSR count). The molecule has 5 nitrogen and oxygen atoms in total. The number of nitrogens with one attached hydrogen (secondary N) is 1. The second kappa shape index (κ2) is 9.87. The second-order valence-electron chi connectivity index (χ2n) is 5.04. The molecule has 0 unspecified atom stereocenters. The van der Waals surface area contributed by atoms with Crippen LogP contribution in [0.25, 0.3) is 0 Å². The highest BCUT2D eigenvalue weighted by atomic mass is 35.5. The summed E-state index contributed by atoms with van der Waals surface area (Å²) in [5.41, 5.74) is 8.23. The summed E-state index contributed by atoms with van der Waals surface area (Å²) >= 11 is 3.06. The van der Waals surface area contributed by atoms with Crippen LogP contribution in [0.15, 0.2) is 24.3 Å². The van der Waals surface area contributed by atoms with Crippen molar-refractivity contribution in [3.63, 3.8) is 0 Å². The molecule has 1 amide bonds. The van der Waals surface area contributed by atoms with Gasteiger partial charge in [0, 0.05) is 6.42 Å². The van der Waals surface area contributed by atoms with Gasteiger partial charge < -0.3 is 5.73 Å².